The van der Waals surface area contributed by atoms with Gasteiger partial charge in [-0.25, -0.2) is 0 Å². The van der Waals surface area contributed by atoms with Gasteiger partial charge in [0.05, 0.1) is 11.6 Å². The molecule has 2 nitrogen and oxygen atoms in total. The van der Waals surface area contributed by atoms with Crippen molar-refractivity contribution in [3.63, 3.8) is 0 Å². The van der Waals surface area contributed by atoms with Gasteiger partial charge in [-0.2, -0.15) is 0 Å². The average Bonchev–Trinajstić information content (AvgIpc) is 2.66. The first-order chi connectivity index (χ1) is 6.88. The Balaban J connectivity index is 2.04. The monoisotopic (exact) mass is 185 g/mol. The summed E-state index contributed by atoms with van der Waals surface area (Å²) in [6.07, 6.45) is 7.29. The van der Waals surface area contributed by atoms with Gasteiger partial charge in [0.15, 0.2) is 0 Å². The van der Waals surface area contributed by atoms with Crippen LogP contribution in [-0.4, -0.2) is 12.8 Å². The van der Waals surface area contributed by atoms with Gasteiger partial charge in [0.25, 0.3) is 0 Å². The van der Waals surface area contributed by atoms with Crippen LogP contribution in [0.4, 0.5) is 0 Å². The largest absolute Gasteiger partial charge is 0.395 e. The van der Waals surface area contributed by atoms with Gasteiger partial charge in [0.1, 0.15) is 6.61 Å². The van der Waals surface area contributed by atoms with Gasteiger partial charge in [-0.1, -0.05) is 41.6 Å². The third-order valence-electron chi connectivity index (χ3n) is 2.89. The van der Waals surface area contributed by atoms with E-state index in [9.17, 15) is 0 Å². The highest BCUT2D eigenvalue weighted by Gasteiger charge is 2.33. The molecule has 0 N–H and O–H groups in total. The van der Waals surface area contributed by atoms with Crippen LogP contribution in [0, 0.1) is 5.41 Å². The first-order valence-corrected chi connectivity index (χ1v) is 4.82. The van der Waals surface area contributed by atoms with Crippen molar-refractivity contribution < 1.29 is 4.84 Å². The lowest BCUT2D eigenvalue weighted by Crippen LogP contribution is -2.26. The van der Waals surface area contributed by atoms with Crippen molar-refractivity contribution in [2.24, 2.45) is 10.6 Å². The third-order valence-corrected chi connectivity index (χ3v) is 2.89. The Morgan fingerprint density at radius 2 is 2.21 bits per heavy atom. The fraction of sp³-hybridized carbons (Fsp3) is 0.250. The van der Waals surface area contributed by atoms with E-state index < -0.39 is 0 Å². The first kappa shape index (κ1) is 7.80. The molecular formula is C12H11NO. The summed E-state index contributed by atoms with van der Waals surface area (Å²) in [6, 6.07) is 8.47. The molecule has 0 saturated heterocycles. The number of oxime groups is 1. The average molecular weight is 185 g/mol. The summed E-state index contributed by atoms with van der Waals surface area (Å²) in [5.74, 6) is 0. The Kier molecular flexibility index (Phi) is 1.51. The molecule has 3 rings (SSSR count). The topological polar surface area (TPSA) is 21.6 Å². The van der Waals surface area contributed by atoms with Gasteiger partial charge in [-0.05, 0) is 17.5 Å². The number of fused-ring (bicyclic) bond motifs is 1. The standard InChI is InChI=1S/C12H11NO/c1-2-4-11-7-12(8-13-14-9-12)6-5-10(11)3-1/h1-6,8H,7,9H2. The van der Waals surface area contributed by atoms with Crippen LogP contribution >= 0.6 is 0 Å². The third kappa shape index (κ3) is 1.07. The van der Waals surface area contributed by atoms with Crippen molar-refractivity contribution in [3.8, 4) is 0 Å². The summed E-state index contributed by atoms with van der Waals surface area (Å²) in [4.78, 5) is 5.07. The molecule has 0 aromatic heterocycles. The molecule has 1 aromatic carbocycles. The molecule has 0 saturated carbocycles. The zero-order valence-corrected chi connectivity index (χ0v) is 7.81. The lowest BCUT2D eigenvalue weighted by Gasteiger charge is -2.24. The molecule has 14 heavy (non-hydrogen) atoms. The van der Waals surface area contributed by atoms with Crippen molar-refractivity contribution in [2.75, 3.05) is 6.61 Å². The maximum absolute atomic E-state index is 5.07. The lowest BCUT2D eigenvalue weighted by atomic mass is 9.78. The van der Waals surface area contributed by atoms with Crippen LogP contribution in [0.5, 0.6) is 0 Å². The number of nitrogens with zero attached hydrogens (tertiary/aromatic N) is 1. The molecule has 1 aliphatic heterocycles. The Morgan fingerprint density at radius 1 is 1.29 bits per heavy atom. The number of rotatable bonds is 0. The van der Waals surface area contributed by atoms with Gasteiger partial charge in [-0.15, -0.1) is 0 Å². The molecule has 70 valence electrons. The van der Waals surface area contributed by atoms with E-state index in [4.69, 9.17) is 4.84 Å². The zero-order valence-electron chi connectivity index (χ0n) is 7.81. The highest BCUT2D eigenvalue weighted by Crippen LogP contribution is 2.33. The minimum atomic E-state index is 0.0222. The van der Waals surface area contributed by atoms with Crippen LogP contribution in [0.1, 0.15) is 11.1 Å². The quantitative estimate of drug-likeness (QED) is 0.607. The van der Waals surface area contributed by atoms with Crippen LogP contribution in [0.25, 0.3) is 6.08 Å². The second kappa shape index (κ2) is 2.71. The van der Waals surface area contributed by atoms with Crippen LogP contribution in [0.2, 0.25) is 0 Å². The summed E-state index contributed by atoms with van der Waals surface area (Å²) < 4.78 is 0. The predicted molar refractivity (Wildman–Crippen MR) is 56.1 cm³/mol. The van der Waals surface area contributed by atoms with Crippen LogP contribution in [0.15, 0.2) is 35.5 Å². The Labute approximate surface area is 82.9 Å². The molecule has 0 fully saturated rings. The number of benzene rings is 1. The van der Waals surface area contributed by atoms with Crippen molar-refractivity contribution in [2.45, 2.75) is 6.42 Å². The Bertz CT molecular complexity index is 422. The van der Waals surface area contributed by atoms with E-state index in [-0.39, 0.29) is 5.41 Å². The van der Waals surface area contributed by atoms with Gasteiger partial charge < -0.3 is 4.84 Å². The molecule has 2 heteroatoms. The summed E-state index contributed by atoms with van der Waals surface area (Å²) in [7, 11) is 0. The van der Waals surface area contributed by atoms with Crippen molar-refractivity contribution in [1.29, 1.82) is 0 Å². The van der Waals surface area contributed by atoms with Crippen LogP contribution in [0.3, 0.4) is 0 Å². The van der Waals surface area contributed by atoms with E-state index >= 15 is 0 Å². The molecule has 1 heterocycles. The molecule has 0 radical (unpaired) electrons. The van der Waals surface area contributed by atoms with Crippen molar-refractivity contribution >= 4 is 12.3 Å². The van der Waals surface area contributed by atoms with E-state index in [0.717, 1.165) is 6.42 Å². The fourth-order valence-corrected chi connectivity index (χ4v) is 2.05. The molecule has 1 aromatic rings. The van der Waals surface area contributed by atoms with Crippen molar-refractivity contribution in [3.05, 3.63) is 41.5 Å². The molecule has 1 atom stereocenters. The van der Waals surface area contributed by atoms with Crippen molar-refractivity contribution in [1.82, 2.24) is 0 Å². The number of hydrogen-bond acceptors (Lipinski definition) is 2. The highest BCUT2D eigenvalue weighted by atomic mass is 16.6. The second-order valence-electron chi connectivity index (χ2n) is 3.95. The van der Waals surface area contributed by atoms with Gasteiger partial charge in [-0.3, -0.25) is 0 Å². The van der Waals surface area contributed by atoms with E-state index in [1.165, 1.54) is 11.1 Å². The predicted octanol–water partition coefficient (Wildman–Crippen LogP) is 2.26. The maximum atomic E-state index is 5.07. The molecule has 1 aliphatic carbocycles. The molecule has 0 amide bonds. The fourth-order valence-electron chi connectivity index (χ4n) is 2.05. The first-order valence-electron chi connectivity index (χ1n) is 4.82. The minimum Gasteiger partial charge on any atom is -0.395 e. The Hall–Kier alpha value is -1.57. The van der Waals surface area contributed by atoms with E-state index in [0.29, 0.717) is 6.61 Å². The molecule has 1 unspecified atom stereocenters. The summed E-state index contributed by atoms with van der Waals surface area (Å²) >= 11 is 0. The summed E-state index contributed by atoms with van der Waals surface area (Å²) in [5.41, 5.74) is 2.72. The normalized spacial score (nSPS) is 27.7. The summed E-state index contributed by atoms with van der Waals surface area (Å²) in [5, 5.41) is 3.86. The molecule has 1 spiro atoms. The van der Waals surface area contributed by atoms with Gasteiger partial charge in [0, 0.05) is 0 Å². The SMILES string of the molecule is C1=CC2(C=NOC2)Cc2ccccc21. The molecule has 0 bridgehead atoms. The maximum Gasteiger partial charge on any atom is 0.131 e. The Morgan fingerprint density at radius 3 is 3.07 bits per heavy atom. The van der Waals surface area contributed by atoms with E-state index in [1.54, 1.807) is 0 Å². The van der Waals surface area contributed by atoms with Crippen LogP contribution < -0.4 is 0 Å². The zero-order chi connectivity index (χ0) is 9.43. The summed E-state index contributed by atoms with van der Waals surface area (Å²) in [6.45, 7) is 0.678. The van der Waals surface area contributed by atoms with E-state index in [1.807, 2.05) is 6.21 Å². The van der Waals surface area contributed by atoms with Gasteiger partial charge in [0.2, 0.25) is 0 Å². The van der Waals surface area contributed by atoms with Crippen LogP contribution in [-0.2, 0) is 11.3 Å². The molecular weight excluding hydrogens is 174 g/mol. The second-order valence-corrected chi connectivity index (χ2v) is 3.95. The molecule has 2 aliphatic rings. The van der Waals surface area contributed by atoms with E-state index in [2.05, 4.69) is 41.6 Å². The number of hydrogen-bond donors (Lipinski definition) is 0. The van der Waals surface area contributed by atoms with Gasteiger partial charge >= 0.3 is 0 Å². The smallest absolute Gasteiger partial charge is 0.131 e. The minimum absolute atomic E-state index is 0.0222. The lowest BCUT2D eigenvalue weighted by molar-refractivity contribution is 0.135. The highest BCUT2D eigenvalue weighted by molar-refractivity contribution is 5.75.